The smallest absolute Gasteiger partial charge is 0.226 e. The van der Waals surface area contributed by atoms with E-state index in [1.807, 2.05) is 66.7 Å². The lowest BCUT2D eigenvalue weighted by Gasteiger charge is -2.19. The van der Waals surface area contributed by atoms with Crippen LogP contribution in [-0.2, 0) is 16.8 Å². The monoisotopic (exact) mass is 476 g/mol. The molecule has 0 heterocycles. The number of carbonyl (C=O) groups is 1. The van der Waals surface area contributed by atoms with Crippen LogP contribution >= 0.6 is 12.2 Å². The Labute approximate surface area is 207 Å². The molecule has 0 fully saturated rings. The number of ether oxygens (including phenoxy) is 2. The Morgan fingerprint density at radius 1 is 0.853 bits per heavy atom. The van der Waals surface area contributed by atoms with E-state index in [2.05, 4.69) is 43.5 Å². The van der Waals surface area contributed by atoms with Crippen molar-refractivity contribution < 1.29 is 14.3 Å². The molecular formula is C28H32N2O3S. The predicted molar refractivity (Wildman–Crippen MR) is 141 cm³/mol. The van der Waals surface area contributed by atoms with Crippen LogP contribution in [0.2, 0.25) is 0 Å². The van der Waals surface area contributed by atoms with E-state index in [-0.39, 0.29) is 16.4 Å². The number of rotatable bonds is 9. The molecule has 0 saturated carbocycles. The zero-order chi connectivity index (χ0) is 24.4. The van der Waals surface area contributed by atoms with Gasteiger partial charge in [-0.15, -0.1) is 0 Å². The van der Waals surface area contributed by atoms with E-state index in [4.69, 9.17) is 21.7 Å². The molecule has 0 bridgehead atoms. The second kappa shape index (κ2) is 12.2. The van der Waals surface area contributed by atoms with Crippen molar-refractivity contribution in [3.63, 3.8) is 0 Å². The van der Waals surface area contributed by atoms with Gasteiger partial charge in [0.25, 0.3) is 0 Å². The highest BCUT2D eigenvalue weighted by Gasteiger charge is 2.13. The summed E-state index contributed by atoms with van der Waals surface area (Å²) >= 11 is 5.25. The predicted octanol–water partition coefficient (Wildman–Crippen LogP) is 6.24. The summed E-state index contributed by atoms with van der Waals surface area (Å²) in [4.78, 5) is 12.2. The average Bonchev–Trinajstić information content (AvgIpc) is 2.82. The van der Waals surface area contributed by atoms with Crippen molar-refractivity contribution in [2.45, 2.75) is 45.6 Å². The van der Waals surface area contributed by atoms with E-state index in [9.17, 15) is 4.79 Å². The maximum atomic E-state index is 12.2. The Kier molecular flexibility index (Phi) is 9.05. The normalized spacial score (nSPS) is 10.9. The van der Waals surface area contributed by atoms with Crippen LogP contribution in [0.15, 0.2) is 78.9 Å². The second-order valence-corrected chi connectivity index (χ2v) is 9.44. The molecule has 0 atom stereocenters. The van der Waals surface area contributed by atoms with Crippen LogP contribution in [0.3, 0.4) is 0 Å². The molecule has 0 aliphatic heterocycles. The van der Waals surface area contributed by atoms with E-state index >= 15 is 0 Å². The van der Waals surface area contributed by atoms with Crippen LogP contribution in [0.4, 0.5) is 5.69 Å². The number of carbonyl (C=O) groups excluding carboxylic acids is 1. The fourth-order valence-electron chi connectivity index (χ4n) is 3.20. The van der Waals surface area contributed by atoms with Gasteiger partial charge in [0.15, 0.2) is 5.11 Å². The molecule has 0 saturated heterocycles. The van der Waals surface area contributed by atoms with Crippen LogP contribution in [0.1, 0.15) is 44.7 Å². The van der Waals surface area contributed by atoms with Gasteiger partial charge >= 0.3 is 0 Å². The molecule has 0 aromatic heterocycles. The molecule has 3 rings (SSSR count). The zero-order valence-electron chi connectivity index (χ0n) is 20.0. The summed E-state index contributed by atoms with van der Waals surface area (Å²) in [7, 11) is 0. The molecule has 0 spiro atoms. The standard InChI is InChI=1S/C28H32N2O3S/c1-28(2,3)22-11-15-24(16-12-22)32-19-7-10-26(31)30-27(34)29-23-13-17-25(18-14-23)33-20-21-8-5-4-6-9-21/h4-6,8-9,11-18H,7,10,19-20H2,1-3H3,(H2,29,30,31,34). The van der Waals surface area contributed by atoms with Crippen LogP contribution in [-0.4, -0.2) is 17.6 Å². The van der Waals surface area contributed by atoms with Gasteiger partial charge in [0, 0.05) is 12.1 Å². The first-order chi connectivity index (χ1) is 16.3. The van der Waals surface area contributed by atoms with Crippen molar-refractivity contribution in [2.24, 2.45) is 0 Å². The Morgan fingerprint density at radius 3 is 2.12 bits per heavy atom. The summed E-state index contributed by atoms with van der Waals surface area (Å²) in [5.74, 6) is 1.42. The van der Waals surface area contributed by atoms with Crippen LogP contribution in [0.5, 0.6) is 11.5 Å². The van der Waals surface area contributed by atoms with Gasteiger partial charge in [-0.3, -0.25) is 4.79 Å². The molecule has 5 nitrogen and oxygen atoms in total. The van der Waals surface area contributed by atoms with Gasteiger partial charge < -0.3 is 20.1 Å². The van der Waals surface area contributed by atoms with E-state index < -0.39 is 0 Å². The van der Waals surface area contributed by atoms with E-state index in [0.717, 1.165) is 22.7 Å². The maximum absolute atomic E-state index is 12.2. The van der Waals surface area contributed by atoms with Gasteiger partial charge in [0.05, 0.1) is 6.61 Å². The minimum absolute atomic E-state index is 0.112. The molecule has 34 heavy (non-hydrogen) atoms. The largest absolute Gasteiger partial charge is 0.494 e. The van der Waals surface area contributed by atoms with Gasteiger partial charge in [0.2, 0.25) is 5.91 Å². The summed E-state index contributed by atoms with van der Waals surface area (Å²) in [6, 6.07) is 25.5. The van der Waals surface area contributed by atoms with E-state index in [1.54, 1.807) is 0 Å². The van der Waals surface area contributed by atoms with Crippen LogP contribution in [0, 0.1) is 0 Å². The molecule has 0 aliphatic rings. The van der Waals surface area contributed by atoms with E-state index in [1.165, 1.54) is 5.56 Å². The van der Waals surface area contributed by atoms with Gasteiger partial charge in [-0.05, 0) is 71.6 Å². The SMILES string of the molecule is CC(C)(C)c1ccc(OCCCC(=O)NC(=S)Nc2ccc(OCc3ccccc3)cc2)cc1. The highest BCUT2D eigenvalue weighted by Crippen LogP contribution is 2.24. The Balaban J connectivity index is 1.33. The molecule has 6 heteroatoms. The molecule has 0 radical (unpaired) electrons. The molecule has 0 unspecified atom stereocenters. The van der Waals surface area contributed by atoms with Gasteiger partial charge in [0.1, 0.15) is 18.1 Å². The third kappa shape index (κ3) is 8.52. The van der Waals surface area contributed by atoms with Crippen molar-refractivity contribution in [1.29, 1.82) is 0 Å². The summed E-state index contributed by atoms with van der Waals surface area (Å²) < 4.78 is 11.5. The Morgan fingerprint density at radius 2 is 1.47 bits per heavy atom. The molecule has 0 aliphatic carbocycles. The minimum Gasteiger partial charge on any atom is -0.494 e. The summed E-state index contributed by atoms with van der Waals surface area (Å²) in [6.45, 7) is 7.51. The van der Waals surface area contributed by atoms with E-state index in [0.29, 0.717) is 26.1 Å². The highest BCUT2D eigenvalue weighted by atomic mass is 32.1. The molecule has 178 valence electrons. The molecular weight excluding hydrogens is 444 g/mol. The zero-order valence-corrected chi connectivity index (χ0v) is 20.8. The minimum atomic E-state index is -0.146. The quantitative estimate of drug-likeness (QED) is 0.283. The number of anilines is 1. The fourth-order valence-corrected chi connectivity index (χ4v) is 3.43. The van der Waals surface area contributed by atoms with Crippen molar-refractivity contribution in [2.75, 3.05) is 11.9 Å². The third-order valence-corrected chi connectivity index (χ3v) is 5.35. The number of hydrogen-bond acceptors (Lipinski definition) is 4. The molecule has 3 aromatic rings. The Hall–Kier alpha value is -3.38. The lowest BCUT2D eigenvalue weighted by Crippen LogP contribution is -2.34. The molecule has 3 aromatic carbocycles. The lowest BCUT2D eigenvalue weighted by molar-refractivity contribution is -0.119. The topological polar surface area (TPSA) is 59.6 Å². The summed E-state index contributed by atoms with van der Waals surface area (Å²) in [6.07, 6.45) is 0.928. The van der Waals surface area contributed by atoms with Crippen molar-refractivity contribution in [1.82, 2.24) is 5.32 Å². The maximum Gasteiger partial charge on any atom is 0.226 e. The number of benzene rings is 3. The highest BCUT2D eigenvalue weighted by molar-refractivity contribution is 7.80. The van der Waals surface area contributed by atoms with Crippen molar-refractivity contribution in [3.8, 4) is 11.5 Å². The van der Waals surface area contributed by atoms with Crippen LogP contribution < -0.4 is 20.1 Å². The first kappa shape index (κ1) is 25.2. The summed E-state index contributed by atoms with van der Waals surface area (Å²) in [5.41, 5.74) is 3.26. The molecule has 1 amide bonds. The van der Waals surface area contributed by atoms with Gasteiger partial charge in [-0.1, -0.05) is 63.2 Å². The molecule has 2 N–H and O–H groups in total. The van der Waals surface area contributed by atoms with Gasteiger partial charge in [-0.2, -0.15) is 0 Å². The summed E-state index contributed by atoms with van der Waals surface area (Å²) in [5, 5.41) is 5.99. The Bertz CT molecular complexity index is 1060. The first-order valence-electron chi connectivity index (χ1n) is 11.4. The number of hydrogen-bond donors (Lipinski definition) is 2. The lowest BCUT2D eigenvalue weighted by atomic mass is 9.87. The first-order valence-corrected chi connectivity index (χ1v) is 11.8. The average molecular weight is 477 g/mol. The second-order valence-electron chi connectivity index (χ2n) is 9.03. The van der Waals surface area contributed by atoms with Crippen molar-refractivity contribution >= 4 is 28.9 Å². The fraction of sp³-hybridized carbons (Fsp3) is 0.286. The third-order valence-electron chi connectivity index (χ3n) is 5.15. The number of thiocarbonyl (C=S) groups is 1. The van der Waals surface area contributed by atoms with Crippen molar-refractivity contribution in [3.05, 3.63) is 90.0 Å². The number of nitrogens with one attached hydrogen (secondary N) is 2. The van der Waals surface area contributed by atoms with Gasteiger partial charge in [-0.25, -0.2) is 0 Å². The number of amides is 1. The van der Waals surface area contributed by atoms with Crippen LogP contribution in [0.25, 0.3) is 0 Å².